The predicted molar refractivity (Wildman–Crippen MR) is 71.5 cm³/mol. The quantitative estimate of drug-likeness (QED) is 0.773. The fourth-order valence-electron chi connectivity index (χ4n) is 3.79. The summed E-state index contributed by atoms with van der Waals surface area (Å²) in [4.78, 5) is 14.6. The number of hydrogen-bond acceptors (Lipinski definition) is 4. The Morgan fingerprint density at radius 1 is 1.50 bits per heavy atom. The van der Waals surface area contributed by atoms with E-state index in [-0.39, 0.29) is 5.97 Å². The van der Waals surface area contributed by atoms with Crippen LogP contribution in [0.25, 0.3) is 0 Å². The highest BCUT2D eigenvalue weighted by atomic mass is 16.5. The van der Waals surface area contributed by atoms with Crippen molar-refractivity contribution in [1.29, 1.82) is 0 Å². The van der Waals surface area contributed by atoms with E-state index in [9.17, 15) is 4.79 Å². The number of methoxy groups -OCH3 is 1. The van der Waals surface area contributed by atoms with Crippen LogP contribution >= 0.6 is 0 Å². The molecule has 2 rings (SSSR count). The molecule has 1 aliphatic carbocycles. The van der Waals surface area contributed by atoms with E-state index in [1.54, 1.807) is 0 Å². The van der Waals surface area contributed by atoms with Gasteiger partial charge in [-0.15, -0.1) is 0 Å². The van der Waals surface area contributed by atoms with Gasteiger partial charge in [0.05, 0.1) is 7.11 Å². The SMILES string of the molecule is CCC1CCCN1C1CCC(NC)(C(=O)OC)C1. The first kappa shape index (κ1) is 13.8. The number of carbonyl (C=O) groups excluding carboxylic acids is 1. The largest absolute Gasteiger partial charge is 0.468 e. The maximum Gasteiger partial charge on any atom is 0.326 e. The molecule has 0 aromatic carbocycles. The molecule has 1 N–H and O–H groups in total. The Morgan fingerprint density at radius 3 is 2.89 bits per heavy atom. The Labute approximate surface area is 110 Å². The minimum atomic E-state index is -0.444. The Bertz CT molecular complexity index is 308. The summed E-state index contributed by atoms with van der Waals surface area (Å²) in [6, 6.07) is 1.27. The second-order valence-electron chi connectivity index (χ2n) is 5.66. The number of rotatable bonds is 4. The molecule has 0 aromatic rings. The van der Waals surface area contributed by atoms with Crippen LogP contribution in [0.5, 0.6) is 0 Å². The van der Waals surface area contributed by atoms with Crippen LogP contribution in [0.1, 0.15) is 45.4 Å². The summed E-state index contributed by atoms with van der Waals surface area (Å²) in [5, 5.41) is 3.21. The van der Waals surface area contributed by atoms with Gasteiger partial charge in [0, 0.05) is 12.1 Å². The normalized spacial score (nSPS) is 37.1. The lowest BCUT2D eigenvalue weighted by molar-refractivity contribution is -0.148. The number of carbonyl (C=O) groups is 1. The third-order valence-electron chi connectivity index (χ3n) is 4.91. The number of nitrogens with one attached hydrogen (secondary N) is 1. The van der Waals surface area contributed by atoms with Gasteiger partial charge in [0.15, 0.2) is 0 Å². The van der Waals surface area contributed by atoms with Gasteiger partial charge >= 0.3 is 5.97 Å². The molecule has 0 bridgehead atoms. The van der Waals surface area contributed by atoms with Crippen LogP contribution < -0.4 is 5.32 Å². The highest BCUT2D eigenvalue weighted by molar-refractivity contribution is 5.81. The average Bonchev–Trinajstić information content (AvgIpc) is 3.04. The number of likely N-dealkylation sites (tertiary alicyclic amines) is 1. The highest BCUT2D eigenvalue weighted by Crippen LogP contribution is 2.37. The zero-order valence-electron chi connectivity index (χ0n) is 11.9. The third-order valence-corrected chi connectivity index (χ3v) is 4.91. The molecular formula is C14H26N2O2. The Balaban J connectivity index is 2.04. The molecule has 0 aromatic heterocycles. The highest BCUT2D eigenvalue weighted by Gasteiger charge is 2.48. The zero-order valence-corrected chi connectivity index (χ0v) is 11.9. The summed E-state index contributed by atoms with van der Waals surface area (Å²) in [6.07, 6.45) is 6.74. The van der Waals surface area contributed by atoms with Crippen LogP contribution in [-0.2, 0) is 9.53 Å². The number of likely N-dealkylation sites (N-methyl/N-ethyl adjacent to an activating group) is 1. The van der Waals surface area contributed by atoms with Crippen LogP contribution in [0.15, 0.2) is 0 Å². The summed E-state index contributed by atoms with van der Waals surface area (Å²) in [5.41, 5.74) is -0.444. The smallest absolute Gasteiger partial charge is 0.326 e. The second kappa shape index (κ2) is 5.57. The van der Waals surface area contributed by atoms with E-state index in [1.807, 2.05) is 7.05 Å². The topological polar surface area (TPSA) is 41.6 Å². The lowest BCUT2D eigenvalue weighted by Crippen LogP contribution is -2.50. The molecule has 4 nitrogen and oxygen atoms in total. The van der Waals surface area contributed by atoms with Crippen LogP contribution in [0, 0.1) is 0 Å². The Kier molecular flexibility index (Phi) is 4.28. The van der Waals surface area contributed by atoms with Crippen molar-refractivity contribution in [3.8, 4) is 0 Å². The van der Waals surface area contributed by atoms with Crippen LogP contribution in [-0.4, -0.2) is 49.2 Å². The fourth-order valence-corrected chi connectivity index (χ4v) is 3.79. The van der Waals surface area contributed by atoms with Crippen molar-refractivity contribution in [3.05, 3.63) is 0 Å². The van der Waals surface area contributed by atoms with Gasteiger partial charge in [-0.2, -0.15) is 0 Å². The molecular weight excluding hydrogens is 228 g/mol. The monoisotopic (exact) mass is 254 g/mol. The molecule has 18 heavy (non-hydrogen) atoms. The molecule has 1 heterocycles. The molecule has 1 saturated heterocycles. The maximum atomic E-state index is 12.0. The van der Waals surface area contributed by atoms with E-state index >= 15 is 0 Å². The minimum Gasteiger partial charge on any atom is -0.468 e. The first-order chi connectivity index (χ1) is 8.66. The van der Waals surface area contributed by atoms with Crippen molar-refractivity contribution in [3.63, 3.8) is 0 Å². The molecule has 1 saturated carbocycles. The summed E-state index contributed by atoms with van der Waals surface area (Å²) in [5.74, 6) is -0.0975. The molecule has 0 spiro atoms. The van der Waals surface area contributed by atoms with Crippen molar-refractivity contribution in [2.24, 2.45) is 0 Å². The van der Waals surface area contributed by atoms with Crippen molar-refractivity contribution in [1.82, 2.24) is 10.2 Å². The number of ether oxygens (including phenoxy) is 1. The van der Waals surface area contributed by atoms with Gasteiger partial charge < -0.3 is 10.1 Å². The first-order valence-electron chi connectivity index (χ1n) is 7.20. The van der Waals surface area contributed by atoms with E-state index in [4.69, 9.17) is 4.74 Å². The van der Waals surface area contributed by atoms with Gasteiger partial charge in [-0.3, -0.25) is 9.69 Å². The van der Waals surface area contributed by atoms with Gasteiger partial charge in [-0.05, 0) is 52.1 Å². The number of hydrogen-bond donors (Lipinski definition) is 1. The van der Waals surface area contributed by atoms with Crippen molar-refractivity contribution >= 4 is 5.97 Å². The summed E-state index contributed by atoms with van der Waals surface area (Å²) in [7, 11) is 3.36. The second-order valence-corrected chi connectivity index (χ2v) is 5.66. The maximum absolute atomic E-state index is 12.0. The van der Waals surface area contributed by atoms with Gasteiger partial charge in [0.25, 0.3) is 0 Å². The van der Waals surface area contributed by atoms with Gasteiger partial charge in [0.1, 0.15) is 5.54 Å². The van der Waals surface area contributed by atoms with Crippen molar-refractivity contribution in [2.75, 3.05) is 20.7 Å². The van der Waals surface area contributed by atoms with Gasteiger partial charge in [0.2, 0.25) is 0 Å². The number of esters is 1. The molecule has 0 radical (unpaired) electrons. The summed E-state index contributed by atoms with van der Waals surface area (Å²) in [6.45, 7) is 3.47. The molecule has 3 unspecified atom stereocenters. The summed E-state index contributed by atoms with van der Waals surface area (Å²) >= 11 is 0. The minimum absolute atomic E-state index is 0.0975. The summed E-state index contributed by atoms with van der Waals surface area (Å²) < 4.78 is 4.97. The van der Waals surface area contributed by atoms with Crippen molar-refractivity contribution < 1.29 is 9.53 Å². The zero-order chi connectivity index (χ0) is 13.2. The van der Waals surface area contributed by atoms with E-state index in [0.29, 0.717) is 6.04 Å². The molecule has 104 valence electrons. The van der Waals surface area contributed by atoms with Crippen LogP contribution in [0.2, 0.25) is 0 Å². The van der Waals surface area contributed by atoms with E-state index in [1.165, 1.54) is 32.9 Å². The number of nitrogens with zero attached hydrogens (tertiary/aromatic N) is 1. The molecule has 2 fully saturated rings. The van der Waals surface area contributed by atoms with Crippen LogP contribution in [0.4, 0.5) is 0 Å². The van der Waals surface area contributed by atoms with Gasteiger partial charge in [-0.25, -0.2) is 0 Å². The van der Waals surface area contributed by atoms with E-state index in [2.05, 4.69) is 17.1 Å². The average molecular weight is 254 g/mol. The molecule has 0 amide bonds. The van der Waals surface area contributed by atoms with E-state index < -0.39 is 5.54 Å². The lowest BCUT2D eigenvalue weighted by atomic mass is 9.97. The molecule has 3 atom stereocenters. The lowest BCUT2D eigenvalue weighted by Gasteiger charge is -2.32. The molecule has 4 heteroatoms. The van der Waals surface area contributed by atoms with Crippen molar-refractivity contribution in [2.45, 2.75) is 63.1 Å². The first-order valence-corrected chi connectivity index (χ1v) is 7.20. The third kappa shape index (κ3) is 2.28. The standard InChI is InChI=1S/C14H26N2O2/c1-4-11-6-5-9-16(11)12-7-8-14(10-12,15-2)13(17)18-3/h11-12,15H,4-10H2,1-3H3. The predicted octanol–water partition coefficient (Wildman–Crippen LogP) is 1.54. The van der Waals surface area contributed by atoms with E-state index in [0.717, 1.165) is 25.3 Å². The molecule has 2 aliphatic rings. The van der Waals surface area contributed by atoms with Crippen LogP contribution in [0.3, 0.4) is 0 Å². The van der Waals surface area contributed by atoms with Gasteiger partial charge in [-0.1, -0.05) is 6.92 Å². The molecule has 1 aliphatic heterocycles. The Morgan fingerprint density at radius 2 is 2.28 bits per heavy atom. The Hall–Kier alpha value is -0.610. The fraction of sp³-hybridized carbons (Fsp3) is 0.929.